The number of rotatable bonds is 4. The van der Waals surface area contributed by atoms with Gasteiger partial charge in [-0.25, -0.2) is 0 Å². The average Bonchev–Trinajstić information content (AvgIpc) is 2.27. The van der Waals surface area contributed by atoms with E-state index in [1.54, 1.807) is 31.4 Å². The molecule has 0 amide bonds. The van der Waals surface area contributed by atoms with Crippen LogP contribution in [0.5, 0.6) is 5.75 Å². The molecule has 0 bridgehead atoms. The van der Waals surface area contributed by atoms with Crippen molar-refractivity contribution in [3.8, 4) is 5.75 Å². The Kier molecular flexibility index (Phi) is 4.10. The van der Waals surface area contributed by atoms with E-state index in [9.17, 15) is 4.79 Å². The number of Topliss-reactive ketones (excluding diaryl/α,β-unsaturated/α-hetero) is 1. The highest BCUT2D eigenvalue weighted by Crippen LogP contribution is 2.16. The molecule has 1 aromatic carbocycles. The number of halogens is 1. The van der Waals surface area contributed by atoms with Crippen molar-refractivity contribution in [2.75, 3.05) is 14.2 Å². The van der Waals surface area contributed by atoms with Crippen LogP contribution in [0.4, 0.5) is 0 Å². The molecule has 1 unspecified atom stereocenters. The third-order valence-corrected chi connectivity index (χ3v) is 2.56. The van der Waals surface area contributed by atoms with E-state index in [-0.39, 0.29) is 5.78 Å². The number of hydrogen-bond acceptors (Lipinski definition) is 3. The standard InChI is InChI=1S/C10H11BrO3/c1-13-8-5-3-4-7(6-8)9(12)10(11)14-2/h3-6,10H,1-2H3. The van der Waals surface area contributed by atoms with Crippen LogP contribution in [0.1, 0.15) is 10.4 Å². The summed E-state index contributed by atoms with van der Waals surface area (Å²) in [4.78, 5) is 11.6. The maximum Gasteiger partial charge on any atom is 0.202 e. The van der Waals surface area contributed by atoms with Gasteiger partial charge in [-0.3, -0.25) is 4.79 Å². The molecule has 0 heterocycles. The molecule has 0 saturated heterocycles. The van der Waals surface area contributed by atoms with Gasteiger partial charge in [-0.15, -0.1) is 0 Å². The predicted octanol–water partition coefficient (Wildman–Crippen LogP) is 2.25. The minimum Gasteiger partial charge on any atom is -0.497 e. The third-order valence-electron chi connectivity index (χ3n) is 1.77. The van der Waals surface area contributed by atoms with Crippen LogP contribution in [0.3, 0.4) is 0 Å². The summed E-state index contributed by atoms with van der Waals surface area (Å²) < 4.78 is 9.88. The molecular weight excluding hydrogens is 248 g/mol. The van der Waals surface area contributed by atoms with Crippen molar-refractivity contribution in [2.45, 2.75) is 5.01 Å². The van der Waals surface area contributed by atoms with Gasteiger partial charge in [0.05, 0.1) is 7.11 Å². The summed E-state index contributed by atoms with van der Waals surface area (Å²) in [5.74, 6) is 0.540. The van der Waals surface area contributed by atoms with Crippen LogP contribution >= 0.6 is 15.9 Å². The number of benzene rings is 1. The van der Waals surface area contributed by atoms with Crippen molar-refractivity contribution in [3.63, 3.8) is 0 Å². The number of carbonyl (C=O) groups is 1. The molecule has 0 fully saturated rings. The first-order chi connectivity index (χ1) is 6.69. The average molecular weight is 259 g/mol. The number of alkyl halides is 1. The Morgan fingerprint density at radius 3 is 2.71 bits per heavy atom. The summed E-state index contributed by atoms with van der Waals surface area (Å²) in [6.07, 6.45) is 0. The van der Waals surface area contributed by atoms with Gasteiger partial charge in [-0.2, -0.15) is 0 Å². The van der Waals surface area contributed by atoms with Gasteiger partial charge in [0.1, 0.15) is 5.75 Å². The first-order valence-corrected chi connectivity index (χ1v) is 4.95. The molecule has 0 N–H and O–H groups in total. The summed E-state index contributed by atoms with van der Waals surface area (Å²) in [5, 5.41) is -0.602. The van der Waals surface area contributed by atoms with Gasteiger partial charge in [-0.05, 0) is 28.1 Å². The van der Waals surface area contributed by atoms with Crippen molar-refractivity contribution in [1.29, 1.82) is 0 Å². The zero-order valence-corrected chi connectivity index (χ0v) is 9.58. The molecule has 1 atom stereocenters. The predicted molar refractivity (Wildman–Crippen MR) is 57.0 cm³/mol. The first-order valence-electron chi connectivity index (χ1n) is 4.04. The van der Waals surface area contributed by atoms with E-state index in [1.807, 2.05) is 0 Å². The fourth-order valence-corrected chi connectivity index (χ4v) is 1.28. The molecule has 0 radical (unpaired) electrons. The van der Waals surface area contributed by atoms with E-state index < -0.39 is 5.01 Å². The summed E-state index contributed by atoms with van der Waals surface area (Å²) in [5.41, 5.74) is 0.563. The lowest BCUT2D eigenvalue weighted by molar-refractivity contribution is 0.0804. The Labute approximate surface area is 91.1 Å². The summed E-state index contributed by atoms with van der Waals surface area (Å²) in [6, 6.07) is 6.95. The number of ketones is 1. The van der Waals surface area contributed by atoms with Crippen LogP contribution in [0.25, 0.3) is 0 Å². The minimum atomic E-state index is -0.602. The second kappa shape index (κ2) is 5.12. The van der Waals surface area contributed by atoms with E-state index in [4.69, 9.17) is 9.47 Å². The molecule has 14 heavy (non-hydrogen) atoms. The zero-order valence-electron chi connectivity index (χ0n) is 7.99. The highest BCUT2D eigenvalue weighted by atomic mass is 79.9. The topological polar surface area (TPSA) is 35.5 Å². The van der Waals surface area contributed by atoms with Gasteiger partial charge < -0.3 is 9.47 Å². The number of carbonyl (C=O) groups excluding carboxylic acids is 1. The van der Waals surface area contributed by atoms with E-state index >= 15 is 0 Å². The van der Waals surface area contributed by atoms with Crippen molar-refractivity contribution >= 4 is 21.7 Å². The second-order valence-electron chi connectivity index (χ2n) is 2.65. The molecule has 0 aliphatic heterocycles. The molecule has 4 heteroatoms. The van der Waals surface area contributed by atoms with Crippen LogP contribution in [-0.2, 0) is 4.74 Å². The minimum absolute atomic E-state index is 0.119. The SMILES string of the molecule is COc1cccc(C(=O)C(Br)OC)c1. The van der Waals surface area contributed by atoms with E-state index in [2.05, 4.69) is 15.9 Å². The molecule has 3 nitrogen and oxygen atoms in total. The van der Waals surface area contributed by atoms with Gasteiger partial charge in [-0.1, -0.05) is 12.1 Å². The normalized spacial score (nSPS) is 12.2. The van der Waals surface area contributed by atoms with Crippen LogP contribution in [0.2, 0.25) is 0 Å². The number of hydrogen-bond donors (Lipinski definition) is 0. The Bertz CT molecular complexity index is 325. The van der Waals surface area contributed by atoms with Gasteiger partial charge >= 0.3 is 0 Å². The molecule has 0 aliphatic rings. The Morgan fingerprint density at radius 1 is 1.43 bits per heavy atom. The molecular formula is C10H11BrO3. The summed E-state index contributed by atoms with van der Waals surface area (Å²) in [6.45, 7) is 0. The lowest BCUT2D eigenvalue weighted by Crippen LogP contribution is -2.15. The molecule has 76 valence electrons. The molecule has 1 rings (SSSR count). The quantitative estimate of drug-likeness (QED) is 0.614. The Balaban J connectivity index is 2.90. The van der Waals surface area contributed by atoms with Crippen LogP contribution < -0.4 is 4.74 Å². The highest BCUT2D eigenvalue weighted by molar-refractivity contribution is 9.09. The fourth-order valence-electron chi connectivity index (χ4n) is 1.01. The van der Waals surface area contributed by atoms with Crippen LogP contribution in [-0.4, -0.2) is 25.0 Å². The molecule has 0 spiro atoms. The monoisotopic (exact) mass is 258 g/mol. The fraction of sp³-hybridized carbons (Fsp3) is 0.300. The largest absolute Gasteiger partial charge is 0.497 e. The summed E-state index contributed by atoms with van der Waals surface area (Å²) >= 11 is 3.11. The van der Waals surface area contributed by atoms with Gasteiger partial charge in [0.2, 0.25) is 5.78 Å². The molecule has 0 saturated carbocycles. The maximum absolute atomic E-state index is 11.6. The second-order valence-corrected chi connectivity index (χ2v) is 3.48. The smallest absolute Gasteiger partial charge is 0.202 e. The molecule has 0 aromatic heterocycles. The van der Waals surface area contributed by atoms with Crippen LogP contribution in [0.15, 0.2) is 24.3 Å². The van der Waals surface area contributed by atoms with Crippen LogP contribution in [0, 0.1) is 0 Å². The van der Waals surface area contributed by atoms with E-state index in [0.717, 1.165) is 0 Å². The molecule has 0 aliphatic carbocycles. The Morgan fingerprint density at radius 2 is 2.14 bits per heavy atom. The summed E-state index contributed by atoms with van der Waals surface area (Å²) in [7, 11) is 3.03. The van der Waals surface area contributed by atoms with Gasteiger partial charge in [0, 0.05) is 12.7 Å². The highest BCUT2D eigenvalue weighted by Gasteiger charge is 2.15. The van der Waals surface area contributed by atoms with Gasteiger partial charge in [0.15, 0.2) is 5.01 Å². The lowest BCUT2D eigenvalue weighted by Gasteiger charge is -2.07. The lowest BCUT2D eigenvalue weighted by atomic mass is 10.1. The number of ether oxygens (including phenoxy) is 2. The van der Waals surface area contributed by atoms with Crippen molar-refractivity contribution in [2.24, 2.45) is 0 Å². The number of methoxy groups -OCH3 is 2. The van der Waals surface area contributed by atoms with Crippen molar-refractivity contribution in [3.05, 3.63) is 29.8 Å². The third kappa shape index (κ3) is 2.56. The maximum atomic E-state index is 11.6. The van der Waals surface area contributed by atoms with E-state index in [0.29, 0.717) is 11.3 Å². The molecule has 1 aromatic rings. The first kappa shape index (κ1) is 11.2. The van der Waals surface area contributed by atoms with Crippen molar-refractivity contribution in [1.82, 2.24) is 0 Å². The Hall–Kier alpha value is -0.870. The zero-order chi connectivity index (χ0) is 10.6. The van der Waals surface area contributed by atoms with E-state index in [1.165, 1.54) is 7.11 Å². The van der Waals surface area contributed by atoms with Gasteiger partial charge in [0.25, 0.3) is 0 Å². The van der Waals surface area contributed by atoms with Crippen molar-refractivity contribution < 1.29 is 14.3 Å².